The standard InChI is InChI=1S/C27H30N6O2/c1-17(35-27(2,3)4)33-23-10-9-20(12-23)25(33)26(34)32-22(13-28)11-18-5-7-19(8-6-18)21-15-30-24(14-29)31-16-21/h5-8,15-16,20,22-23,25H,1,9-12H2,2-4H3,(H,32,34)/t20-,22-,23+,25-/m0/s1. The summed E-state index contributed by atoms with van der Waals surface area (Å²) in [6, 6.07) is 11.1. The van der Waals surface area contributed by atoms with Crippen molar-refractivity contribution in [1.82, 2.24) is 20.2 Å². The van der Waals surface area contributed by atoms with E-state index >= 15 is 0 Å². The second kappa shape index (κ2) is 9.76. The summed E-state index contributed by atoms with van der Waals surface area (Å²) in [5, 5.41) is 21.6. The lowest BCUT2D eigenvalue weighted by atomic mass is 9.97. The van der Waals surface area contributed by atoms with Gasteiger partial charge in [-0.2, -0.15) is 10.5 Å². The van der Waals surface area contributed by atoms with Crippen molar-refractivity contribution < 1.29 is 9.53 Å². The van der Waals surface area contributed by atoms with E-state index in [1.54, 1.807) is 12.4 Å². The van der Waals surface area contributed by atoms with E-state index < -0.39 is 11.6 Å². The largest absolute Gasteiger partial charge is 0.474 e. The number of ether oxygens (including phenoxy) is 1. The lowest BCUT2D eigenvalue weighted by Gasteiger charge is -2.39. The number of nitrogens with zero attached hydrogens (tertiary/aromatic N) is 5. The fraction of sp³-hybridized carbons (Fsp3) is 0.444. The Hall–Kier alpha value is -3.91. The van der Waals surface area contributed by atoms with Crippen LogP contribution in [-0.4, -0.2) is 44.5 Å². The highest BCUT2D eigenvalue weighted by Gasteiger charge is 2.50. The molecule has 2 aromatic rings. The molecule has 1 saturated heterocycles. The molecule has 1 aromatic carbocycles. The minimum absolute atomic E-state index is 0.126. The van der Waals surface area contributed by atoms with Crippen LogP contribution in [0.2, 0.25) is 0 Å². The third kappa shape index (κ3) is 5.44. The van der Waals surface area contributed by atoms with Gasteiger partial charge >= 0.3 is 0 Å². The Morgan fingerprint density at radius 1 is 1.20 bits per heavy atom. The van der Waals surface area contributed by atoms with Crippen LogP contribution in [0.15, 0.2) is 49.1 Å². The Morgan fingerprint density at radius 2 is 1.89 bits per heavy atom. The first-order chi connectivity index (χ1) is 16.7. The van der Waals surface area contributed by atoms with Crippen molar-refractivity contribution in [2.75, 3.05) is 0 Å². The van der Waals surface area contributed by atoms with Crippen LogP contribution in [0.3, 0.4) is 0 Å². The lowest BCUT2D eigenvalue weighted by molar-refractivity contribution is -0.130. The molecule has 8 heteroatoms. The van der Waals surface area contributed by atoms with Crippen molar-refractivity contribution in [2.24, 2.45) is 5.92 Å². The summed E-state index contributed by atoms with van der Waals surface area (Å²) in [7, 11) is 0. The number of likely N-dealkylation sites (tertiary alicyclic amines) is 1. The number of piperidine rings is 1. The van der Waals surface area contributed by atoms with Crippen LogP contribution in [0, 0.1) is 28.6 Å². The fourth-order valence-corrected chi connectivity index (χ4v) is 5.08. The van der Waals surface area contributed by atoms with Gasteiger partial charge in [0.25, 0.3) is 0 Å². The van der Waals surface area contributed by atoms with Crippen LogP contribution in [-0.2, 0) is 16.0 Å². The van der Waals surface area contributed by atoms with Crippen LogP contribution in [0.1, 0.15) is 51.4 Å². The maximum Gasteiger partial charge on any atom is 0.244 e. The molecule has 1 aliphatic carbocycles. The molecular weight excluding hydrogens is 440 g/mol. The van der Waals surface area contributed by atoms with E-state index in [4.69, 9.17) is 10.00 Å². The van der Waals surface area contributed by atoms with Crippen LogP contribution in [0.25, 0.3) is 11.1 Å². The van der Waals surface area contributed by atoms with E-state index in [0.29, 0.717) is 12.3 Å². The normalized spacial score (nSPS) is 21.6. The molecule has 0 unspecified atom stereocenters. The van der Waals surface area contributed by atoms with Crippen molar-refractivity contribution in [3.05, 3.63) is 60.5 Å². The highest BCUT2D eigenvalue weighted by Crippen LogP contribution is 2.45. The van der Waals surface area contributed by atoms with E-state index in [-0.39, 0.29) is 29.7 Å². The van der Waals surface area contributed by atoms with Gasteiger partial charge in [-0.1, -0.05) is 24.3 Å². The second-order valence-corrected chi connectivity index (χ2v) is 10.2. The molecule has 2 aliphatic rings. The third-order valence-corrected chi connectivity index (χ3v) is 6.52. The van der Waals surface area contributed by atoms with E-state index in [2.05, 4.69) is 27.9 Å². The average molecular weight is 471 g/mol. The minimum atomic E-state index is -0.649. The zero-order chi connectivity index (χ0) is 25.2. The highest BCUT2D eigenvalue weighted by atomic mass is 16.5. The Labute approximate surface area is 206 Å². The number of hydrogen-bond donors (Lipinski definition) is 1. The third-order valence-electron chi connectivity index (χ3n) is 6.52. The summed E-state index contributed by atoms with van der Waals surface area (Å²) in [4.78, 5) is 23.4. The smallest absolute Gasteiger partial charge is 0.244 e. The van der Waals surface area contributed by atoms with Crippen molar-refractivity contribution in [2.45, 2.75) is 70.2 Å². The molecule has 0 radical (unpaired) electrons. The van der Waals surface area contributed by atoms with E-state index in [1.165, 1.54) is 0 Å². The van der Waals surface area contributed by atoms with E-state index in [1.807, 2.05) is 56.0 Å². The van der Waals surface area contributed by atoms with Gasteiger partial charge in [0.15, 0.2) is 5.88 Å². The molecule has 1 saturated carbocycles. The summed E-state index contributed by atoms with van der Waals surface area (Å²) in [5.41, 5.74) is 2.24. The Balaban J connectivity index is 1.41. The zero-order valence-electron chi connectivity index (χ0n) is 20.4. The first kappa shape index (κ1) is 24.2. The van der Waals surface area contributed by atoms with Crippen LogP contribution in [0.5, 0.6) is 0 Å². The van der Waals surface area contributed by atoms with Gasteiger partial charge < -0.3 is 15.0 Å². The van der Waals surface area contributed by atoms with Crippen molar-refractivity contribution in [1.29, 1.82) is 10.5 Å². The summed E-state index contributed by atoms with van der Waals surface area (Å²) >= 11 is 0. The van der Waals surface area contributed by atoms with E-state index in [9.17, 15) is 10.1 Å². The zero-order valence-corrected chi connectivity index (χ0v) is 20.4. The first-order valence-electron chi connectivity index (χ1n) is 11.9. The predicted molar refractivity (Wildman–Crippen MR) is 130 cm³/mol. The van der Waals surface area contributed by atoms with Gasteiger partial charge in [0.05, 0.1) is 6.07 Å². The number of amides is 1. The van der Waals surface area contributed by atoms with Crippen LogP contribution >= 0.6 is 0 Å². The molecule has 0 spiro atoms. The molecule has 180 valence electrons. The number of carbonyl (C=O) groups excluding carboxylic acids is 1. The molecule has 1 amide bonds. The highest BCUT2D eigenvalue weighted by molar-refractivity contribution is 5.83. The van der Waals surface area contributed by atoms with Gasteiger partial charge in [-0.15, -0.1) is 0 Å². The molecule has 1 aromatic heterocycles. The van der Waals surface area contributed by atoms with Crippen LogP contribution in [0.4, 0.5) is 0 Å². The SMILES string of the molecule is C=C(OC(C)(C)C)N1[C@@H]2CC[C@@H](C2)[C@H]1C(=O)N[C@H](C#N)Cc1ccc(-c2cnc(C#N)nc2)cc1. The van der Waals surface area contributed by atoms with Crippen molar-refractivity contribution >= 4 is 5.91 Å². The maximum atomic E-state index is 13.3. The lowest BCUT2D eigenvalue weighted by Crippen LogP contribution is -2.52. The molecule has 8 nitrogen and oxygen atoms in total. The number of benzene rings is 1. The second-order valence-electron chi connectivity index (χ2n) is 10.2. The van der Waals surface area contributed by atoms with E-state index in [0.717, 1.165) is 36.0 Å². The molecule has 4 rings (SSSR count). The number of nitrogens with one attached hydrogen (secondary N) is 1. The number of hydrogen-bond acceptors (Lipinski definition) is 7. The topological polar surface area (TPSA) is 115 Å². The molecule has 35 heavy (non-hydrogen) atoms. The molecule has 4 atom stereocenters. The molecule has 2 fully saturated rings. The van der Waals surface area contributed by atoms with Gasteiger partial charge in [0, 0.05) is 30.4 Å². The Morgan fingerprint density at radius 3 is 2.49 bits per heavy atom. The summed E-state index contributed by atoms with van der Waals surface area (Å²) < 4.78 is 6.00. The van der Waals surface area contributed by atoms with Gasteiger partial charge in [-0.3, -0.25) is 4.79 Å². The minimum Gasteiger partial charge on any atom is -0.474 e. The average Bonchev–Trinajstić information content (AvgIpc) is 3.45. The summed E-state index contributed by atoms with van der Waals surface area (Å²) in [6.07, 6.45) is 6.59. The number of fused-ring (bicyclic) bond motifs is 2. The number of carbonyl (C=O) groups is 1. The number of nitriles is 2. The Bertz CT molecular complexity index is 1170. The Kier molecular flexibility index (Phi) is 6.75. The molecular formula is C27H30N6O2. The summed E-state index contributed by atoms with van der Waals surface area (Å²) in [6.45, 7) is 10.0. The monoisotopic (exact) mass is 470 g/mol. The van der Waals surface area contributed by atoms with Crippen LogP contribution < -0.4 is 5.32 Å². The van der Waals surface area contributed by atoms with Gasteiger partial charge in [-0.05, 0) is 63.7 Å². The predicted octanol–water partition coefficient (Wildman–Crippen LogP) is 3.71. The van der Waals surface area contributed by atoms with Gasteiger partial charge in [0.2, 0.25) is 11.7 Å². The molecule has 2 heterocycles. The molecule has 2 bridgehead atoms. The molecule has 1 N–H and O–H groups in total. The van der Waals surface area contributed by atoms with Gasteiger partial charge in [0.1, 0.15) is 23.8 Å². The van der Waals surface area contributed by atoms with Gasteiger partial charge in [-0.25, -0.2) is 9.97 Å². The fourth-order valence-electron chi connectivity index (χ4n) is 5.08. The summed E-state index contributed by atoms with van der Waals surface area (Å²) in [5.74, 6) is 0.753. The number of aromatic nitrogens is 2. The van der Waals surface area contributed by atoms with Crippen molar-refractivity contribution in [3.8, 4) is 23.3 Å². The first-order valence-corrected chi connectivity index (χ1v) is 11.9. The number of rotatable bonds is 7. The maximum absolute atomic E-state index is 13.3. The quantitative estimate of drug-likeness (QED) is 0.614. The van der Waals surface area contributed by atoms with Crippen molar-refractivity contribution in [3.63, 3.8) is 0 Å². The molecule has 1 aliphatic heterocycles.